The van der Waals surface area contributed by atoms with Crippen LogP contribution in [-0.2, 0) is 22.4 Å². The minimum atomic E-state index is -4.54. The summed E-state index contributed by atoms with van der Waals surface area (Å²) in [6.07, 6.45) is -0.215. The molecule has 0 aliphatic heterocycles. The van der Waals surface area contributed by atoms with Gasteiger partial charge in [0.25, 0.3) is 0 Å². The maximum Gasteiger partial charge on any atom is 0.389 e. The summed E-state index contributed by atoms with van der Waals surface area (Å²) in [7, 11) is 0. The van der Waals surface area contributed by atoms with Gasteiger partial charge in [-0.3, -0.25) is 4.79 Å². The second-order valence-electron chi connectivity index (χ2n) is 15.7. The Bertz CT molecular complexity index is 1620. The number of unbranched alkanes of at least 4 members (excludes halogenated alkanes) is 2. The van der Waals surface area contributed by atoms with E-state index in [0.29, 0.717) is 17.4 Å². The first-order valence-electron chi connectivity index (χ1n) is 17.0. The molecule has 6 nitrogen and oxygen atoms in total. The number of halogens is 3. The van der Waals surface area contributed by atoms with Crippen molar-refractivity contribution in [2.24, 2.45) is 22.0 Å². The van der Waals surface area contributed by atoms with Crippen LogP contribution < -0.4 is 16.1 Å². The monoisotopic (exact) mass is 673 g/mol. The standard InChI is InChI=1S/C39H54F3NO5/c1-10-12-13-14-26-15-18-30(27(11-2)19-26)31-20-28-16-17-29(21-32(28)48-33(31)44)46-24-37(8,23-39(40,41)42)25-47-34(45)38(9,36(6,7)43)22-35(3,4)5/h15-21H,10-14,22-25,43H2,1-9H3. The van der Waals surface area contributed by atoms with Crippen LogP contribution in [0.5, 0.6) is 5.75 Å². The molecule has 0 amide bonds. The molecule has 0 saturated carbocycles. The van der Waals surface area contributed by atoms with E-state index in [1.165, 1.54) is 25.0 Å². The summed E-state index contributed by atoms with van der Waals surface area (Å²) in [5.74, 6) is -0.427. The number of fused-ring (bicyclic) bond motifs is 1. The van der Waals surface area contributed by atoms with Crippen molar-refractivity contribution in [3.63, 3.8) is 0 Å². The van der Waals surface area contributed by atoms with Crippen molar-refractivity contribution in [1.82, 2.24) is 0 Å². The summed E-state index contributed by atoms with van der Waals surface area (Å²) in [6.45, 7) is 15.7. The number of ether oxygens (including phenoxy) is 2. The topological polar surface area (TPSA) is 91.8 Å². The first kappa shape index (κ1) is 39.1. The van der Waals surface area contributed by atoms with E-state index in [2.05, 4.69) is 26.0 Å². The van der Waals surface area contributed by atoms with Gasteiger partial charge in [0.2, 0.25) is 0 Å². The first-order valence-corrected chi connectivity index (χ1v) is 17.0. The molecule has 266 valence electrons. The molecule has 2 N–H and O–H groups in total. The molecule has 2 unspecified atom stereocenters. The zero-order valence-electron chi connectivity index (χ0n) is 30.2. The third kappa shape index (κ3) is 10.3. The highest BCUT2D eigenvalue weighted by molar-refractivity contribution is 5.83. The van der Waals surface area contributed by atoms with Crippen LogP contribution in [0.1, 0.15) is 106 Å². The highest BCUT2D eigenvalue weighted by Gasteiger charge is 2.49. The van der Waals surface area contributed by atoms with Crippen molar-refractivity contribution in [3.05, 3.63) is 64.0 Å². The van der Waals surface area contributed by atoms with E-state index < -0.39 is 53.8 Å². The predicted molar refractivity (Wildman–Crippen MR) is 186 cm³/mol. The number of hydrogen-bond acceptors (Lipinski definition) is 6. The highest BCUT2D eigenvalue weighted by Crippen LogP contribution is 2.43. The quantitative estimate of drug-likeness (QED) is 0.0981. The average Bonchev–Trinajstić information content (AvgIpc) is 2.96. The molecule has 0 fully saturated rings. The molecule has 0 aliphatic carbocycles. The minimum absolute atomic E-state index is 0.226. The zero-order chi connectivity index (χ0) is 36.1. The van der Waals surface area contributed by atoms with Gasteiger partial charge in [-0.25, -0.2) is 4.79 Å². The van der Waals surface area contributed by atoms with Crippen molar-refractivity contribution >= 4 is 16.9 Å². The van der Waals surface area contributed by atoms with E-state index in [9.17, 15) is 22.8 Å². The first-order chi connectivity index (χ1) is 22.1. The Balaban J connectivity index is 1.84. The number of rotatable bonds is 15. The molecule has 48 heavy (non-hydrogen) atoms. The maximum atomic E-state index is 13.8. The van der Waals surface area contributed by atoms with E-state index in [1.807, 2.05) is 26.8 Å². The average molecular weight is 674 g/mol. The molecular weight excluding hydrogens is 619 g/mol. The van der Waals surface area contributed by atoms with Crippen LogP contribution in [-0.4, -0.2) is 30.9 Å². The molecule has 2 aromatic carbocycles. The van der Waals surface area contributed by atoms with Crippen LogP contribution in [0.25, 0.3) is 22.1 Å². The van der Waals surface area contributed by atoms with Gasteiger partial charge in [0.15, 0.2) is 0 Å². The Morgan fingerprint density at radius 2 is 1.54 bits per heavy atom. The molecule has 1 heterocycles. The third-order valence-corrected chi connectivity index (χ3v) is 9.14. The largest absolute Gasteiger partial charge is 0.493 e. The molecule has 9 heteroatoms. The van der Waals surface area contributed by atoms with Crippen molar-refractivity contribution in [2.75, 3.05) is 13.2 Å². The fraction of sp³-hybridized carbons (Fsp3) is 0.590. The molecule has 3 rings (SSSR count). The van der Waals surface area contributed by atoms with Crippen LogP contribution >= 0.6 is 0 Å². The van der Waals surface area contributed by atoms with Gasteiger partial charge in [-0.1, -0.05) is 72.6 Å². The SMILES string of the molecule is CCCCCc1ccc(-c2cc3ccc(OCC(C)(COC(=O)C(C)(CC(C)(C)C)C(C)(C)N)CC(F)(F)F)cc3oc2=O)c(CC)c1. The summed E-state index contributed by atoms with van der Waals surface area (Å²) < 4.78 is 58.4. The lowest BCUT2D eigenvalue weighted by Crippen LogP contribution is -2.56. The van der Waals surface area contributed by atoms with Gasteiger partial charge in [-0.15, -0.1) is 0 Å². The Kier molecular flexibility index (Phi) is 12.3. The fourth-order valence-corrected chi connectivity index (χ4v) is 6.21. The van der Waals surface area contributed by atoms with Crippen molar-refractivity contribution in [3.8, 4) is 16.9 Å². The number of benzene rings is 2. The lowest BCUT2D eigenvalue weighted by molar-refractivity contribution is -0.182. The number of hydrogen-bond donors (Lipinski definition) is 1. The molecule has 2 atom stereocenters. The lowest BCUT2D eigenvalue weighted by Gasteiger charge is -2.43. The van der Waals surface area contributed by atoms with Gasteiger partial charge in [-0.2, -0.15) is 13.2 Å². The second kappa shape index (κ2) is 15.1. The van der Waals surface area contributed by atoms with Crippen molar-refractivity contribution in [2.45, 2.75) is 119 Å². The Morgan fingerprint density at radius 1 is 0.854 bits per heavy atom. The summed E-state index contributed by atoms with van der Waals surface area (Å²) >= 11 is 0. The van der Waals surface area contributed by atoms with Crippen molar-refractivity contribution in [1.29, 1.82) is 0 Å². The molecule has 0 aliphatic rings. The molecule has 0 bridgehead atoms. The number of carbonyl (C=O) groups excluding carboxylic acids is 1. The lowest BCUT2D eigenvalue weighted by atomic mass is 9.65. The molecule has 0 radical (unpaired) electrons. The maximum absolute atomic E-state index is 13.8. The number of esters is 1. The molecule has 1 aromatic heterocycles. The fourth-order valence-electron chi connectivity index (χ4n) is 6.21. The Labute approximate surface area is 283 Å². The number of nitrogens with two attached hydrogens (primary N) is 1. The highest BCUT2D eigenvalue weighted by atomic mass is 19.4. The molecule has 0 saturated heterocycles. The predicted octanol–water partition coefficient (Wildman–Crippen LogP) is 9.82. The van der Waals surface area contributed by atoms with Gasteiger partial charge < -0.3 is 19.6 Å². The molecule has 0 spiro atoms. The van der Waals surface area contributed by atoms with E-state index in [1.54, 1.807) is 39.0 Å². The van der Waals surface area contributed by atoms with E-state index in [4.69, 9.17) is 19.6 Å². The van der Waals surface area contributed by atoms with Crippen LogP contribution in [0.2, 0.25) is 0 Å². The molecule has 3 aromatic rings. The van der Waals surface area contributed by atoms with Gasteiger partial charge >= 0.3 is 17.8 Å². The van der Waals surface area contributed by atoms with Crippen LogP contribution in [0.4, 0.5) is 13.2 Å². The summed E-state index contributed by atoms with van der Waals surface area (Å²) in [6, 6.07) is 12.8. The van der Waals surface area contributed by atoms with Gasteiger partial charge in [0.1, 0.15) is 17.9 Å². The third-order valence-electron chi connectivity index (χ3n) is 9.14. The van der Waals surface area contributed by atoms with Gasteiger partial charge in [0.05, 0.1) is 24.0 Å². The van der Waals surface area contributed by atoms with Crippen LogP contribution in [0, 0.1) is 16.2 Å². The minimum Gasteiger partial charge on any atom is -0.493 e. The summed E-state index contributed by atoms with van der Waals surface area (Å²) in [5, 5.41) is 0.653. The normalized spacial score (nSPS) is 15.2. The van der Waals surface area contributed by atoms with Gasteiger partial charge in [0, 0.05) is 22.4 Å². The van der Waals surface area contributed by atoms with E-state index >= 15 is 0 Å². The summed E-state index contributed by atoms with van der Waals surface area (Å²) in [4.78, 5) is 26.6. The Hall–Kier alpha value is -3.33. The smallest absolute Gasteiger partial charge is 0.389 e. The van der Waals surface area contributed by atoms with Crippen LogP contribution in [0.3, 0.4) is 0 Å². The zero-order valence-corrected chi connectivity index (χ0v) is 30.2. The molecular formula is C39H54F3NO5. The van der Waals surface area contributed by atoms with Crippen molar-refractivity contribution < 1.29 is 31.9 Å². The van der Waals surface area contributed by atoms with Crippen LogP contribution in [0.15, 0.2) is 51.7 Å². The van der Waals surface area contributed by atoms with E-state index in [-0.39, 0.29) is 16.7 Å². The number of carbonyl (C=O) groups is 1. The summed E-state index contributed by atoms with van der Waals surface area (Å²) in [5.41, 5.74) is 5.70. The second-order valence-corrected chi connectivity index (χ2v) is 15.7. The number of aryl methyl sites for hydroxylation is 2. The Morgan fingerprint density at radius 3 is 2.12 bits per heavy atom. The number of alkyl halides is 3. The van der Waals surface area contributed by atoms with Gasteiger partial charge in [-0.05, 0) is 86.8 Å². The van der Waals surface area contributed by atoms with E-state index in [0.717, 1.165) is 36.8 Å².